The summed E-state index contributed by atoms with van der Waals surface area (Å²) in [6.07, 6.45) is 1.81. The van der Waals surface area contributed by atoms with Gasteiger partial charge < -0.3 is 5.32 Å². The highest BCUT2D eigenvalue weighted by atomic mass is 32.2. The molecule has 2 heterocycles. The number of halogens is 2. The van der Waals surface area contributed by atoms with E-state index in [2.05, 4.69) is 11.4 Å². The predicted octanol–water partition coefficient (Wildman–Crippen LogP) is 4.32. The van der Waals surface area contributed by atoms with E-state index in [1.165, 1.54) is 33.2 Å². The van der Waals surface area contributed by atoms with Crippen LogP contribution in [0, 0.1) is 11.6 Å². The average molecular weight is 325 g/mol. The van der Waals surface area contributed by atoms with Crippen molar-refractivity contribution in [2.75, 3.05) is 12.8 Å². The van der Waals surface area contributed by atoms with Crippen molar-refractivity contribution in [1.29, 1.82) is 0 Å². The van der Waals surface area contributed by atoms with Crippen LogP contribution in [0.2, 0.25) is 0 Å². The first-order valence-corrected chi connectivity index (χ1v) is 8.95. The first-order chi connectivity index (χ1) is 10.2. The smallest absolute Gasteiger partial charge is 0.159 e. The third-order valence-corrected chi connectivity index (χ3v) is 6.12. The normalized spacial score (nSPS) is 15.8. The Kier molecular flexibility index (Phi) is 4.62. The SMILES string of the molecule is CNC(Cc1ccc(F)c(F)c1)c1cc2c(s1)CCSC2. The Bertz CT molecular complexity index is 616. The summed E-state index contributed by atoms with van der Waals surface area (Å²) < 4.78 is 26.3. The second kappa shape index (κ2) is 6.46. The van der Waals surface area contributed by atoms with Gasteiger partial charge in [0.15, 0.2) is 11.6 Å². The van der Waals surface area contributed by atoms with Crippen LogP contribution in [0.4, 0.5) is 8.78 Å². The summed E-state index contributed by atoms with van der Waals surface area (Å²) in [6.45, 7) is 0. The van der Waals surface area contributed by atoms with E-state index in [1.807, 2.05) is 30.1 Å². The zero-order chi connectivity index (χ0) is 14.8. The minimum absolute atomic E-state index is 0.149. The van der Waals surface area contributed by atoms with Crippen molar-refractivity contribution in [3.05, 3.63) is 56.8 Å². The van der Waals surface area contributed by atoms with E-state index >= 15 is 0 Å². The third kappa shape index (κ3) is 3.30. The number of hydrogen-bond acceptors (Lipinski definition) is 3. The number of thiophene rings is 1. The Balaban J connectivity index is 1.81. The van der Waals surface area contributed by atoms with Gasteiger partial charge in [-0.1, -0.05) is 6.07 Å². The molecular weight excluding hydrogens is 308 g/mol. The van der Waals surface area contributed by atoms with E-state index in [9.17, 15) is 8.78 Å². The molecule has 0 spiro atoms. The van der Waals surface area contributed by atoms with E-state index in [-0.39, 0.29) is 6.04 Å². The van der Waals surface area contributed by atoms with Crippen LogP contribution in [-0.4, -0.2) is 12.8 Å². The molecule has 1 atom stereocenters. The fraction of sp³-hybridized carbons (Fsp3) is 0.375. The Morgan fingerprint density at radius 2 is 2.10 bits per heavy atom. The maximum atomic E-state index is 13.3. The van der Waals surface area contributed by atoms with Crippen LogP contribution in [0.1, 0.15) is 26.9 Å². The molecule has 0 saturated carbocycles. The molecule has 0 aliphatic carbocycles. The van der Waals surface area contributed by atoms with E-state index < -0.39 is 11.6 Å². The lowest BCUT2D eigenvalue weighted by Crippen LogP contribution is -2.17. The zero-order valence-electron chi connectivity index (χ0n) is 11.8. The number of rotatable bonds is 4. The van der Waals surface area contributed by atoms with Gasteiger partial charge in [-0.3, -0.25) is 0 Å². The molecule has 1 aliphatic heterocycles. The molecule has 3 rings (SSSR count). The number of thioether (sulfide) groups is 1. The Morgan fingerprint density at radius 3 is 2.81 bits per heavy atom. The van der Waals surface area contributed by atoms with E-state index in [0.717, 1.165) is 17.7 Å². The van der Waals surface area contributed by atoms with E-state index in [4.69, 9.17) is 0 Å². The highest BCUT2D eigenvalue weighted by Crippen LogP contribution is 2.35. The quantitative estimate of drug-likeness (QED) is 0.898. The number of benzene rings is 1. The highest BCUT2D eigenvalue weighted by molar-refractivity contribution is 7.98. The van der Waals surface area contributed by atoms with Crippen molar-refractivity contribution >= 4 is 23.1 Å². The van der Waals surface area contributed by atoms with Crippen molar-refractivity contribution < 1.29 is 8.78 Å². The van der Waals surface area contributed by atoms with Crippen molar-refractivity contribution in [1.82, 2.24) is 5.32 Å². The minimum atomic E-state index is -0.789. The molecule has 0 radical (unpaired) electrons. The van der Waals surface area contributed by atoms with Crippen LogP contribution in [0.15, 0.2) is 24.3 Å². The average Bonchev–Trinajstić information content (AvgIpc) is 2.92. The largest absolute Gasteiger partial charge is 0.312 e. The van der Waals surface area contributed by atoms with Crippen LogP contribution in [0.5, 0.6) is 0 Å². The molecule has 0 fully saturated rings. The number of hydrogen-bond donors (Lipinski definition) is 1. The first kappa shape index (κ1) is 15.0. The molecule has 0 amide bonds. The summed E-state index contributed by atoms with van der Waals surface area (Å²) in [4.78, 5) is 2.77. The summed E-state index contributed by atoms with van der Waals surface area (Å²) in [5, 5.41) is 3.30. The second-order valence-electron chi connectivity index (χ2n) is 5.19. The lowest BCUT2D eigenvalue weighted by atomic mass is 10.0. The Labute approximate surface area is 131 Å². The molecular formula is C16H17F2NS2. The lowest BCUT2D eigenvalue weighted by Gasteiger charge is -2.14. The number of aryl methyl sites for hydroxylation is 1. The summed E-state index contributed by atoms with van der Waals surface area (Å²) in [7, 11) is 1.91. The number of fused-ring (bicyclic) bond motifs is 1. The first-order valence-electron chi connectivity index (χ1n) is 6.98. The predicted molar refractivity (Wildman–Crippen MR) is 86.0 cm³/mol. The maximum Gasteiger partial charge on any atom is 0.159 e. The minimum Gasteiger partial charge on any atom is -0.312 e. The van der Waals surface area contributed by atoms with Crippen LogP contribution in [0.25, 0.3) is 0 Å². The summed E-state index contributed by atoms with van der Waals surface area (Å²) >= 11 is 3.82. The monoisotopic (exact) mass is 325 g/mol. The standard InChI is InChI=1S/C16H17F2NS2/c1-19-14(7-10-2-3-12(17)13(18)6-10)16-8-11-9-20-5-4-15(11)21-16/h2-3,6,8,14,19H,4-5,7,9H2,1H3. The van der Waals surface area contributed by atoms with Crippen LogP contribution in [0.3, 0.4) is 0 Å². The Hall–Kier alpha value is -0.910. The summed E-state index contributed by atoms with van der Waals surface area (Å²) in [5.41, 5.74) is 2.26. The molecule has 1 aliphatic rings. The van der Waals surface area contributed by atoms with Crippen LogP contribution in [-0.2, 0) is 18.6 Å². The molecule has 1 aromatic carbocycles. The van der Waals surface area contributed by atoms with Gasteiger partial charge in [-0.2, -0.15) is 11.8 Å². The molecule has 2 aromatic rings. The van der Waals surface area contributed by atoms with Crippen molar-refractivity contribution in [2.45, 2.75) is 24.6 Å². The molecule has 1 nitrogen and oxygen atoms in total. The van der Waals surface area contributed by atoms with Gasteiger partial charge in [-0.05, 0) is 55.0 Å². The molecule has 0 saturated heterocycles. The fourth-order valence-corrected chi connectivity index (χ4v) is 5.08. The van der Waals surface area contributed by atoms with E-state index in [0.29, 0.717) is 6.42 Å². The van der Waals surface area contributed by atoms with Crippen LogP contribution < -0.4 is 5.32 Å². The molecule has 112 valence electrons. The molecule has 0 bridgehead atoms. The van der Waals surface area contributed by atoms with Crippen LogP contribution >= 0.6 is 23.1 Å². The van der Waals surface area contributed by atoms with Gasteiger partial charge in [0, 0.05) is 21.5 Å². The highest BCUT2D eigenvalue weighted by Gasteiger charge is 2.19. The van der Waals surface area contributed by atoms with Gasteiger partial charge >= 0.3 is 0 Å². The number of nitrogens with one attached hydrogen (secondary N) is 1. The van der Waals surface area contributed by atoms with E-state index in [1.54, 1.807) is 6.07 Å². The van der Waals surface area contributed by atoms with Gasteiger partial charge in [-0.25, -0.2) is 8.78 Å². The third-order valence-electron chi connectivity index (χ3n) is 3.76. The molecule has 1 aromatic heterocycles. The fourth-order valence-electron chi connectivity index (χ4n) is 2.59. The van der Waals surface area contributed by atoms with Gasteiger partial charge in [0.1, 0.15) is 0 Å². The number of likely N-dealkylation sites (N-methyl/N-ethyl adjacent to an activating group) is 1. The van der Waals surface area contributed by atoms with Crippen molar-refractivity contribution in [3.63, 3.8) is 0 Å². The lowest BCUT2D eigenvalue weighted by molar-refractivity contribution is 0.505. The summed E-state index contributed by atoms with van der Waals surface area (Å²) in [5.74, 6) is 0.723. The van der Waals surface area contributed by atoms with Gasteiger partial charge in [0.05, 0.1) is 0 Å². The molecule has 21 heavy (non-hydrogen) atoms. The van der Waals surface area contributed by atoms with Gasteiger partial charge in [0.2, 0.25) is 0 Å². The maximum absolute atomic E-state index is 13.3. The summed E-state index contributed by atoms with van der Waals surface area (Å²) in [6, 6.07) is 6.58. The van der Waals surface area contributed by atoms with Gasteiger partial charge in [0.25, 0.3) is 0 Å². The second-order valence-corrected chi connectivity index (χ2v) is 7.47. The van der Waals surface area contributed by atoms with Crippen molar-refractivity contribution in [2.24, 2.45) is 0 Å². The molecule has 1 N–H and O–H groups in total. The Morgan fingerprint density at radius 1 is 1.24 bits per heavy atom. The molecule has 1 unspecified atom stereocenters. The van der Waals surface area contributed by atoms with Gasteiger partial charge in [-0.15, -0.1) is 11.3 Å². The molecule has 5 heteroatoms. The zero-order valence-corrected chi connectivity index (χ0v) is 13.4. The topological polar surface area (TPSA) is 12.0 Å². The van der Waals surface area contributed by atoms with Crippen molar-refractivity contribution in [3.8, 4) is 0 Å².